The summed E-state index contributed by atoms with van der Waals surface area (Å²) in [6.07, 6.45) is 1.66. The predicted molar refractivity (Wildman–Crippen MR) is 107 cm³/mol. The SMILES string of the molecule is NC(=O)c1cc(C2CCN(C(=O)c3ccc(-c4ccccc4)cc3)CC2)[nH]n1. The van der Waals surface area contributed by atoms with Crippen LogP contribution in [0.5, 0.6) is 0 Å². The molecule has 6 nitrogen and oxygen atoms in total. The van der Waals surface area contributed by atoms with Gasteiger partial charge in [-0.05, 0) is 42.2 Å². The van der Waals surface area contributed by atoms with Gasteiger partial charge in [0, 0.05) is 30.3 Å². The van der Waals surface area contributed by atoms with Crippen LogP contribution >= 0.6 is 0 Å². The molecule has 0 bridgehead atoms. The number of rotatable bonds is 4. The van der Waals surface area contributed by atoms with Crippen molar-refractivity contribution in [3.63, 3.8) is 0 Å². The van der Waals surface area contributed by atoms with Crippen molar-refractivity contribution in [2.45, 2.75) is 18.8 Å². The Kier molecular flexibility index (Phi) is 4.93. The first-order valence-electron chi connectivity index (χ1n) is 9.41. The average Bonchev–Trinajstić information content (AvgIpc) is 3.25. The Hall–Kier alpha value is -3.41. The number of nitrogens with one attached hydrogen (secondary N) is 1. The van der Waals surface area contributed by atoms with Gasteiger partial charge in [0.1, 0.15) is 5.69 Å². The normalized spacial score (nSPS) is 14.8. The highest BCUT2D eigenvalue weighted by Gasteiger charge is 2.26. The summed E-state index contributed by atoms with van der Waals surface area (Å²) in [7, 11) is 0. The molecule has 142 valence electrons. The number of carbonyl (C=O) groups excluding carboxylic acids is 2. The fourth-order valence-electron chi connectivity index (χ4n) is 3.68. The lowest BCUT2D eigenvalue weighted by Crippen LogP contribution is -2.38. The first-order valence-corrected chi connectivity index (χ1v) is 9.41. The molecular formula is C22H22N4O2. The molecule has 0 spiro atoms. The molecule has 1 aliphatic heterocycles. The maximum atomic E-state index is 12.8. The van der Waals surface area contributed by atoms with Gasteiger partial charge in [0.15, 0.2) is 0 Å². The second kappa shape index (κ2) is 7.68. The third-order valence-electron chi connectivity index (χ3n) is 5.31. The topological polar surface area (TPSA) is 92.1 Å². The molecule has 3 N–H and O–H groups in total. The number of aromatic nitrogens is 2. The van der Waals surface area contributed by atoms with Gasteiger partial charge < -0.3 is 10.6 Å². The van der Waals surface area contributed by atoms with Crippen molar-refractivity contribution in [2.75, 3.05) is 13.1 Å². The fourth-order valence-corrected chi connectivity index (χ4v) is 3.68. The van der Waals surface area contributed by atoms with Gasteiger partial charge in [-0.25, -0.2) is 0 Å². The summed E-state index contributed by atoms with van der Waals surface area (Å²) in [6, 6.07) is 19.6. The zero-order chi connectivity index (χ0) is 19.5. The molecule has 4 rings (SSSR count). The Morgan fingerprint density at radius 2 is 1.61 bits per heavy atom. The summed E-state index contributed by atoms with van der Waals surface area (Å²) in [5.41, 5.74) is 9.36. The third kappa shape index (κ3) is 3.67. The highest BCUT2D eigenvalue weighted by atomic mass is 16.2. The molecule has 0 radical (unpaired) electrons. The van der Waals surface area contributed by atoms with E-state index in [-0.39, 0.29) is 17.5 Å². The Balaban J connectivity index is 1.39. The summed E-state index contributed by atoms with van der Waals surface area (Å²) in [5, 5.41) is 6.85. The van der Waals surface area contributed by atoms with E-state index in [2.05, 4.69) is 22.3 Å². The van der Waals surface area contributed by atoms with Crippen LogP contribution in [0.4, 0.5) is 0 Å². The van der Waals surface area contributed by atoms with E-state index in [4.69, 9.17) is 5.73 Å². The van der Waals surface area contributed by atoms with Crippen molar-refractivity contribution in [3.8, 4) is 11.1 Å². The summed E-state index contributed by atoms with van der Waals surface area (Å²) in [5.74, 6) is -0.223. The molecule has 3 aromatic rings. The largest absolute Gasteiger partial charge is 0.364 e. The van der Waals surface area contributed by atoms with Gasteiger partial charge in [-0.15, -0.1) is 0 Å². The zero-order valence-corrected chi connectivity index (χ0v) is 15.5. The van der Waals surface area contributed by atoms with Gasteiger partial charge >= 0.3 is 0 Å². The van der Waals surface area contributed by atoms with Crippen LogP contribution in [0, 0.1) is 0 Å². The number of nitrogens with zero attached hydrogens (tertiary/aromatic N) is 2. The highest BCUT2D eigenvalue weighted by molar-refractivity contribution is 5.94. The molecule has 2 aromatic carbocycles. The number of carbonyl (C=O) groups is 2. The van der Waals surface area contributed by atoms with Crippen molar-refractivity contribution < 1.29 is 9.59 Å². The summed E-state index contributed by atoms with van der Waals surface area (Å²) < 4.78 is 0. The fraction of sp³-hybridized carbons (Fsp3) is 0.227. The van der Waals surface area contributed by atoms with Crippen LogP contribution in [0.15, 0.2) is 60.7 Å². The first-order chi connectivity index (χ1) is 13.6. The molecule has 0 aliphatic carbocycles. The van der Waals surface area contributed by atoms with Crippen LogP contribution < -0.4 is 5.73 Å². The van der Waals surface area contributed by atoms with Crippen molar-refractivity contribution >= 4 is 11.8 Å². The number of H-pyrrole nitrogens is 1. The van der Waals surface area contributed by atoms with E-state index in [0.717, 1.165) is 29.7 Å². The van der Waals surface area contributed by atoms with Gasteiger partial charge in [0.25, 0.3) is 11.8 Å². The first kappa shape index (κ1) is 18.0. The van der Waals surface area contributed by atoms with Gasteiger partial charge in [0.2, 0.25) is 0 Å². The maximum absolute atomic E-state index is 12.8. The van der Waals surface area contributed by atoms with Gasteiger partial charge in [-0.2, -0.15) is 5.10 Å². The maximum Gasteiger partial charge on any atom is 0.269 e. The van der Waals surface area contributed by atoms with E-state index in [1.165, 1.54) is 0 Å². The number of likely N-dealkylation sites (tertiary alicyclic amines) is 1. The predicted octanol–water partition coefficient (Wildman–Crippen LogP) is 3.20. The van der Waals surface area contributed by atoms with Crippen molar-refractivity contribution in [1.29, 1.82) is 0 Å². The number of hydrogen-bond donors (Lipinski definition) is 2. The van der Waals surface area contributed by atoms with E-state index in [0.29, 0.717) is 18.7 Å². The van der Waals surface area contributed by atoms with Gasteiger partial charge in [0.05, 0.1) is 0 Å². The Labute approximate surface area is 163 Å². The molecule has 1 aromatic heterocycles. The van der Waals surface area contributed by atoms with Gasteiger partial charge in [-0.1, -0.05) is 42.5 Å². The number of primary amides is 1. The second-order valence-corrected chi connectivity index (χ2v) is 7.08. The molecule has 1 aliphatic rings. The molecule has 2 amide bonds. The lowest BCUT2D eigenvalue weighted by molar-refractivity contribution is 0.0712. The van der Waals surface area contributed by atoms with E-state index >= 15 is 0 Å². The molecule has 0 saturated carbocycles. The average molecular weight is 374 g/mol. The number of amides is 2. The molecule has 0 atom stereocenters. The van der Waals surface area contributed by atoms with E-state index < -0.39 is 5.91 Å². The van der Waals surface area contributed by atoms with E-state index in [9.17, 15) is 9.59 Å². The third-order valence-corrected chi connectivity index (χ3v) is 5.31. The molecule has 28 heavy (non-hydrogen) atoms. The minimum atomic E-state index is -0.533. The molecule has 0 unspecified atom stereocenters. The Morgan fingerprint density at radius 3 is 2.21 bits per heavy atom. The van der Waals surface area contributed by atoms with Crippen LogP contribution in [0.1, 0.15) is 45.3 Å². The molecule has 6 heteroatoms. The number of benzene rings is 2. The number of aromatic amines is 1. The molecule has 2 heterocycles. The zero-order valence-electron chi connectivity index (χ0n) is 15.5. The van der Waals surface area contributed by atoms with E-state index in [1.54, 1.807) is 6.07 Å². The van der Waals surface area contributed by atoms with Crippen LogP contribution in [-0.4, -0.2) is 40.0 Å². The number of hydrogen-bond acceptors (Lipinski definition) is 3. The Morgan fingerprint density at radius 1 is 0.964 bits per heavy atom. The number of nitrogens with two attached hydrogens (primary N) is 1. The monoisotopic (exact) mass is 374 g/mol. The summed E-state index contributed by atoms with van der Waals surface area (Å²) in [6.45, 7) is 1.35. The van der Waals surface area contributed by atoms with Crippen LogP contribution in [0.2, 0.25) is 0 Å². The minimum Gasteiger partial charge on any atom is -0.364 e. The van der Waals surface area contributed by atoms with E-state index in [1.807, 2.05) is 47.4 Å². The lowest BCUT2D eigenvalue weighted by atomic mass is 9.93. The van der Waals surface area contributed by atoms with Crippen molar-refractivity contribution in [2.24, 2.45) is 5.73 Å². The number of piperidine rings is 1. The smallest absolute Gasteiger partial charge is 0.269 e. The summed E-state index contributed by atoms with van der Waals surface area (Å²) >= 11 is 0. The molecular weight excluding hydrogens is 352 g/mol. The molecule has 1 saturated heterocycles. The standard InChI is InChI=1S/C22H22N4O2/c23-21(27)20-14-19(24-25-20)17-10-12-26(13-11-17)22(28)18-8-6-16(7-9-18)15-4-2-1-3-5-15/h1-9,14,17H,10-13H2,(H2,23,27)(H,24,25). The van der Waals surface area contributed by atoms with Crippen LogP contribution in [0.25, 0.3) is 11.1 Å². The minimum absolute atomic E-state index is 0.0560. The van der Waals surface area contributed by atoms with Gasteiger partial charge in [-0.3, -0.25) is 14.7 Å². The Bertz CT molecular complexity index is 971. The quantitative estimate of drug-likeness (QED) is 0.734. The summed E-state index contributed by atoms with van der Waals surface area (Å²) in [4.78, 5) is 25.9. The molecule has 1 fully saturated rings. The second-order valence-electron chi connectivity index (χ2n) is 7.08. The van der Waals surface area contributed by atoms with Crippen LogP contribution in [-0.2, 0) is 0 Å². The van der Waals surface area contributed by atoms with Crippen LogP contribution in [0.3, 0.4) is 0 Å². The lowest BCUT2D eigenvalue weighted by Gasteiger charge is -2.31. The highest BCUT2D eigenvalue weighted by Crippen LogP contribution is 2.28. The van der Waals surface area contributed by atoms with Crippen molar-refractivity contribution in [3.05, 3.63) is 77.6 Å². The van der Waals surface area contributed by atoms with Crippen molar-refractivity contribution in [1.82, 2.24) is 15.1 Å².